The summed E-state index contributed by atoms with van der Waals surface area (Å²) in [6.07, 6.45) is 16.1. The summed E-state index contributed by atoms with van der Waals surface area (Å²) in [7, 11) is 3.24. The molecule has 2 aromatic heterocycles. The maximum absolute atomic E-state index is 11.9. The van der Waals surface area contributed by atoms with Gasteiger partial charge in [-0.15, -0.1) is 0 Å². The predicted molar refractivity (Wildman–Crippen MR) is 156 cm³/mol. The molecule has 0 spiro atoms. The number of nitrogens with zero attached hydrogens (tertiary/aromatic N) is 3. The Labute approximate surface area is 236 Å². The molecule has 216 valence electrons. The number of aryl methyl sites for hydroxylation is 1. The lowest BCUT2D eigenvalue weighted by Gasteiger charge is -2.26. The van der Waals surface area contributed by atoms with Crippen LogP contribution in [-0.4, -0.2) is 47.8 Å². The van der Waals surface area contributed by atoms with Crippen LogP contribution in [0, 0.1) is 0 Å². The first-order chi connectivity index (χ1) is 19.4. The van der Waals surface area contributed by atoms with Gasteiger partial charge >= 0.3 is 5.97 Å². The molecule has 0 radical (unpaired) electrons. The number of aromatic nitrogens is 2. The first-order valence-electron chi connectivity index (χ1n) is 14.2. The molecule has 4 rings (SSSR count). The topological polar surface area (TPSA) is 118 Å². The monoisotopic (exact) mass is 550 g/mol. The Morgan fingerprint density at radius 2 is 1.77 bits per heavy atom. The maximum atomic E-state index is 11.9. The summed E-state index contributed by atoms with van der Waals surface area (Å²) >= 11 is 0. The van der Waals surface area contributed by atoms with Gasteiger partial charge in [0.05, 0.1) is 13.2 Å². The van der Waals surface area contributed by atoms with Crippen LogP contribution in [0.25, 0.3) is 11.1 Å². The van der Waals surface area contributed by atoms with E-state index < -0.39 is 5.97 Å². The highest BCUT2D eigenvalue weighted by Gasteiger charge is 2.21. The molecule has 0 unspecified atom stereocenters. The van der Waals surface area contributed by atoms with E-state index in [0.29, 0.717) is 6.42 Å². The molecular weight excluding hydrogens is 508 g/mol. The fourth-order valence-electron chi connectivity index (χ4n) is 4.65. The molecule has 9 nitrogen and oxygen atoms in total. The number of anilines is 1. The second-order valence-electron chi connectivity index (χ2n) is 10.1. The van der Waals surface area contributed by atoms with Crippen LogP contribution in [0.3, 0.4) is 0 Å². The molecule has 0 atom stereocenters. The van der Waals surface area contributed by atoms with Crippen molar-refractivity contribution in [1.29, 1.82) is 0 Å². The predicted octanol–water partition coefficient (Wildman–Crippen LogP) is 6.27. The SMILES string of the molecule is CCCCCCCCCCNCc1cncc(-c2ccc3c(c2)CCC(=O)N3C)c1.COc1cc(C(=O)O)on1. The quantitative estimate of drug-likeness (QED) is 0.226. The van der Waals surface area contributed by atoms with Crippen molar-refractivity contribution in [3.63, 3.8) is 0 Å². The summed E-state index contributed by atoms with van der Waals surface area (Å²) < 4.78 is 8.92. The van der Waals surface area contributed by atoms with Crippen molar-refractivity contribution >= 4 is 17.6 Å². The summed E-state index contributed by atoms with van der Waals surface area (Å²) in [4.78, 5) is 28.3. The number of carbonyl (C=O) groups excluding carboxylic acids is 1. The van der Waals surface area contributed by atoms with Crippen LogP contribution in [0.2, 0.25) is 0 Å². The number of hydrogen-bond donors (Lipinski definition) is 2. The van der Waals surface area contributed by atoms with Gasteiger partial charge in [-0.1, -0.05) is 57.9 Å². The van der Waals surface area contributed by atoms with E-state index in [1.165, 1.54) is 81.2 Å². The number of fused-ring (bicyclic) bond motifs is 1. The Kier molecular flexibility index (Phi) is 12.6. The third-order valence-electron chi connectivity index (χ3n) is 7.00. The van der Waals surface area contributed by atoms with E-state index in [4.69, 9.17) is 5.11 Å². The first kappa shape index (κ1) is 30.8. The zero-order valence-corrected chi connectivity index (χ0v) is 23.9. The minimum atomic E-state index is -1.16. The van der Waals surface area contributed by atoms with Crippen LogP contribution in [0.5, 0.6) is 5.88 Å². The van der Waals surface area contributed by atoms with Crippen molar-refractivity contribution in [2.24, 2.45) is 0 Å². The summed E-state index contributed by atoms with van der Waals surface area (Å²) in [6, 6.07) is 9.81. The number of ether oxygens (including phenoxy) is 1. The third kappa shape index (κ3) is 9.48. The Morgan fingerprint density at radius 3 is 2.45 bits per heavy atom. The highest BCUT2D eigenvalue weighted by molar-refractivity contribution is 5.96. The lowest BCUT2D eigenvalue weighted by Crippen LogP contribution is -2.30. The molecule has 0 bridgehead atoms. The van der Waals surface area contributed by atoms with Gasteiger partial charge in [-0.3, -0.25) is 9.78 Å². The van der Waals surface area contributed by atoms with E-state index in [1.807, 2.05) is 19.4 Å². The molecular formula is C31H42N4O5. The number of hydrogen-bond acceptors (Lipinski definition) is 7. The second kappa shape index (κ2) is 16.4. The number of carboxylic acid groups (broad SMARTS) is 1. The average Bonchev–Trinajstić information content (AvgIpc) is 3.46. The van der Waals surface area contributed by atoms with Gasteiger partial charge in [-0.2, -0.15) is 0 Å². The van der Waals surface area contributed by atoms with Crippen LogP contribution in [0.1, 0.15) is 86.4 Å². The summed E-state index contributed by atoms with van der Waals surface area (Å²) in [5.74, 6) is -1.02. The van der Waals surface area contributed by atoms with E-state index in [-0.39, 0.29) is 17.5 Å². The second-order valence-corrected chi connectivity index (χ2v) is 10.1. The highest BCUT2D eigenvalue weighted by Crippen LogP contribution is 2.31. The number of nitrogens with one attached hydrogen (secondary N) is 1. The van der Waals surface area contributed by atoms with Gasteiger partial charge < -0.3 is 24.6 Å². The molecule has 1 amide bonds. The molecule has 9 heteroatoms. The van der Waals surface area contributed by atoms with E-state index in [1.54, 1.807) is 4.90 Å². The lowest BCUT2D eigenvalue weighted by molar-refractivity contribution is -0.118. The van der Waals surface area contributed by atoms with Gasteiger partial charge in [0.2, 0.25) is 11.7 Å². The Balaban J connectivity index is 0.000000371. The molecule has 40 heavy (non-hydrogen) atoms. The smallest absolute Gasteiger partial charge is 0.374 e. The zero-order chi connectivity index (χ0) is 28.7. The van der Waals surface area contributed by atoms with Gasteiger partial charge in [0, 0.05) is 43.7 Å². The molecule has 0 saturated heterocycles. The molecule has 2 N–H and O–H groups in total. The van der Waals surface area contributed by atoms with Gasteiger partial charge in [-0.05, 0) is 59.4 Å². The fourth-order valence-corrected chi connectivity index (χ4v) is 4.65. The van der Waals surface area contributed by atoms with Gasteiger partial charge in [0.1, 0.15) is 0 Å². The molecule has 0 fully saturated rings. The zero-order valence-electron chi connectivity index (χ0n) is 23.9. The summed E-state index contributed by atoms with van der Waals surface area (Å²) in [6.45, 7) is 4.20. The van der Waals surface area contributed by atoms with Gasteiger partial charge in [-0.25, -0.2) is 4.79 Å². The van der Waals surface area contributed by atoms with Crippen molar-refractivity contribution < 1.29 is 24.0 Å². The fraction of sp³-hybridized carbons (Fsp3) is 0.484. The summed E-state index contributed by atoms with van der Waals surface area (Å²) in [5, 5.41) is 15.2. The van der Waals surface area contributed by atoms with Crippen molar-refractivity contribution in [3.8, 4) is 17.0 Å². The summed E-state index contributed by atoms with van der Waals surface area (Å²) in [5.41, 5.74) is 5.81. The number of unbranched alkanes of at least 4 members (excludes halogenated alkanes) is 7. The average molecular weight is 551 g/mol. The highest BCUT2D eigenvalue weighted by atomic mass is 16.5. The van der Waals surface area contributed by atoms with Crippen LogP contribution in [0.15, 0.2) is 47.2 Å². The van der Waals surface area contributed by atoms with E-state index >= 15 is 0 Å². The molecule has 0 aliphatic carbocycles. The molecule has 0 saturated carbocycles. The van der Waals surface area contributed by atoms with Crippen molar-refractivity contribution in [2.45, 2.75) is 77.7 Å². The van der Waals surface area contributed by atoms with Crippen LogP contribution < -0.4 is 15.0 Å². The minimum absolute atomic E-state index is 0.164. The number of pyridine rings is 1. The molecule has 1 aliphatic rings. The standard InChI is InChI=1S/C26H37N3O.C5H5NO4/c1-3-4-5-6-7-8-9-10-15-27-18-21-16-24(20-28-19-21)22-11-13-25-23(17-22)12-14-26(30)29(25)2;1-9-4-2-3(5(7)8)10-6-4/h11,13,16-17,19-20,27H,3-10,12,14-15,18H2,1-2H3;2H,1H3,(H,7,8). The number of methoxy groups -OCH3 is 1. The number of aromatic carboxylic acids is 1. The Hall–Kier alpha value is -3.72. The van der Waals surface area contributed by atoms with Crippen LogP contribution >= 0.6 is 0 Å². The molecule has 3 heterocycles. The first-order valence-corrected chi connectivity index (χ1v) is 14.2. The number of carbonyl (C=O) groups is 2. The van der Waals surface area contributed by atoms with E-state index in [9.17, 15) is 9.59 Å². The molecule has 3 aromatic rings. The maximum Gasteiger partial charge on any atom is 0.374 e. The number of amides is 1. The Morgan fingerprint density at radius 1 is 1.02 bits per heavy atom. The van der Waals surface area contributed by atoms with Crippen molar-refractivity contribution in [3.05, 3.63) is 59.6 Å². The normalized spacial score (nSPS) is 12.5. The minimum Gasteiger partial charge on any atom is -0.479 e. The van der Waals surface area contributed by atoms with E-state index in [0.717, 1.165) is 30.8 Å². The van der Waals surface area contributed by atoms with Crippen molar-refractivity contribution in [1.82, 2.24) is 15.5 Å². The van der Waals surface area contributed by atoms with Crippen LogP contribution in [-0.2, 0) is 17.8 Å². The molecule has 1 aliphatic heterocycles. The van der Waals surface area contributed by atoms with Gasteiger partial charge in [0.15, 0.2) is 0 Å². The Bertz CT molecular complexity index is 1230. The molecule has 1 aromatic carbocycles. The number of benzene rings is 1. The lowest BCUT2D eigenvalue weighted by atomic mass is 9.96. The number of carboxylic acids is 1. The van der Waals surface area contributed by atoms with Crippen molar-refractivity contribution in [2.75, 3.05) is 25.6 Å². The van der Waals surface area contributed by atoms with E-state index in [2.05, 4.69) is 55.9 Å². The van der Waals surface area contributed by atoms with Crippen LogP contribution in [0.4, 0.5) is 5.69 Å². The largest absolute Gasteiger partial charge is 0.479 e. The van der Waals surface area contributed by atoms with Gasteiger partial charge in [0.25, 0.3) is 5.88 Å². The number of rotatable bonds is 14. The third-order valence-corrected chi connectivity index (χ3v) is 7.00.